The van der Waals surface area contributed by atoms with Gasteiger partial charge in [-0.1, -0.05) is 24.6 Å². The van der Waals surface area contributed by atoms with Crippen molar-refractivity contribution in [1.82, 2.24) is 14.5 Å². The van der Waals surface area contributed by atoms with E-state index in [-0.39, 0.29) is 5.56 Å². The summed E-state index contributed by atoms with van der Waals surface area (Å²) in [5.74, 6) is 0.0703. The number of pyridine rings is 1. The molecule has 0 aliphatic rings. The van der Waals surface area contributed by atoms with Gasteiger partial charge < -0.3 is 0 Å². The number of hydrogen-bond donors (Lipinski definition) is 0. The molecule has 0 fully saturated rings. The predicted molar refractivity (Wildman–Crippen MR) is 84.2 cm³/mol. The van der Waals surface area contributed by atoms with Gasteiger partial charge in [0.25, 0.3) is 5.56 Å². The molecule has 22 heavy (non-hydrogen) atoms. The highest BCUT2D eigenvalue weighted by atomic mass is 35.5. The van der Waals surface area contributed by atoms with Crippen molar-refractivity contribution in [1.29, 1.82) is 0 Å². The highest BCUT2D eigenvalue weighted by molar-refractivity contribution is 6.35. The molecule has 0 aliphatic carbocycles. The van der Waals surface area contributed by atoms with Gasteiger partial charge in [0.15, 0.2) is 0 Å². The number of aromatic nitrogens is 3. The molecular formula is C16H13ClFN3O. The highest BCUT2D eigenvalue weighted by Crippen LogP contribution is 2.22. The minimum absolute atomic E-state index is 0.317. The Hall–Kier alpha value is -2.27. The molecule has 4 nitrogen and oxygen atoms in total. The van der Waals surface area contributed by atoms with Gasteiger partial charge in [0, 0.05) is 12.0 Å². The molecule has 0 unspecified atom stereocenters. The molecule has 0 saturated carbocycles. The van der Waals surface area contributed by atoms with Crippen LogP contribution in [0.2, 0.25) is 5.02 Å². The van der Waals surface area contributed by atoms with Crippen molar-refractivity contribution in [3.05, 3.63) is 63.2 Å². The average molecular weight is 318 g/mol. The molecule has 0 N–H and O–H groups in total. The van der Waals surface area contributed by atoms with Crippen molar-refractivity contribution >= 4 is 22.5 Å². The SMILES string of the molecule is CCc1nc2cccc(Cl)c2c(=O)n1-c1cncc(F)c1C. The first-order valence-corrected chi connectivity index (χ1v) is 7.23. The first-order chi connectivity index (χ1) is 10.5. The lowest BCUT2D eigenvalue weighted by molar-refractivity contribution is 0.608. The van der Waals surface area contributed by atoms with Gasteiger partial charge in [-0.3, -0.25) is 14.3 Å². The summed E-state index contributed by atoms with van der Waals surface area (Å²) in [6, 6.07) is 5.12. The molecular weight excluding hydrogens is 305 g/mol. The van der Waals surface area contributed by atoms with Gasteiger partial charge in [-0.05, 0) is 19.1 Å². The van der Waals surface area contributed by atoms with Crippen molar-refractivity contribution < 1.29 is 4.39 Å². The summed E-state index contributed by atoms with van der Waals surface area (Å²) < 4.78 is 15.2. The van der Waals surface area contributed by atoms with Gasteiger partial charge in [0.1, 0.15) is 11.6 Å². The molecule has 0 saturated heterocycles. The van der Waals surface area contributed by atoms with Gasteiger partial charge >= 0.3 is 0 Å². The summed E-state index contributed by atoms with van der Waals surface area (Å²) in [6.07, 6.45) is 3.11. The molecule has 112 valence electrons. The summed E-state index contributed by atoms with van der Waals surface area (Å²) >= 11 is 6.15. The van der Waals surface area contributed by atoms with Crippen LogP contribution >= 0.6 is 11.6 Å². The van der Waals surface area contributed by atoms with Gasteiger partial charge in [-0.25, -0.2) is 9.37 Å². The number of hydrogen-bond acceptors (Lipinski definition) is 3. The van der Waals surface area contributed by atoms with E-state index in [4.69, 9.17) is 11.6 Å². The largest absolute Gasteiger partial charge is 0.268 e. The molecule has 0 spiro atoms. The summed E-state index contributed by atoms with van der Waals surface area (Å²) in [6.45, 7) is 3.49. The standard InChI is InChI=1S/C16H13ClFN3O/c1-3-14-20-12-6-4-5-10(17)15(12)16(22)21(14)13-8-19-7-11(18)9(13)2/h4-8H,3H2,1-2H3. The molecule has 1 aromatic carbocycles. The van der Waals surface area contributed by atoms with Crippen molar-refractivity contribution in [3.8, 4) is 5.69 Å². The number of benzene rings is 1. The Balaban J connectivity index is 2.48. The molecule has 0 atom stereocenters. The Morgan fingerprint density at radius 2 is 2.09 bits per heavy atom. The molecule has 3 rings (SSSR count). The number of aryl methyl sites for hydroxylation is 1. The number of halogens is 2. The molecule has 0 amide bonds. The van der Waals surface area contributed by atoms with Crippen LogP contribution in [0, 0.1) is 12.7 Å². The van der Waals surface area contributed by atoms with E-state index in [1.54, 1.807) is 25.1 Å². The van der Waals surface area contributed by atoms with Crippen LogP contribution in [0.25, 0.3) is 16.6 Å². The van der Waals surface area contributed by atoms with E-state index in [1.807, 2.05) is 6.92 Å². The fourth-order valence-corrected chi connectivity index (χ4v) is 2.69. The Bertz CT molecular complexity index is 937. The van der Waals surface area contributed by atoms with Crippen LogP contribution in [-0.4, -0.2) is 14.5 Å². The van der Waals surface area contributed by atoms with E-state index in [0.717, 1.165) is 6.20 Å². The Morgan fingerprint density at radius 3 is 2.82 bits per heavy atom. The second kappa shape index (κ2) is 5.50. The quantitative estimate of drug-likeness (QED) is 0.727. The van der Waals surface area contributed by atoms with Crippen LogP contribution in [0.5, 0.6) is 0 Å². The Labute approximate surface area is 131 Å². The van der Waals surface area contributed by atoms with Crippen LogP contribution in [0.15, 0.2) is 35.4 Å². The zero-order valence-electron chi connectivity index (χ0n) is 12.1. The Morgan fingerprint density at radius 1 is 1.32 bits per heavy atom. The van der Waals surface area contributed by atoms with Crippen LogP contribution < -0.4 is 5.56 Å². The average Bonchev–Trinajstić information content (AvgIpc) is 2.50. The normalized spacial score (nSPS) is 11.1. The molecule has 2 heterocycles. The molecule has 3 aromatic rings. The smallest absolute Gasteiger partial charge is 0.267 e. The van der Waals surface area contributed by atoms with E-state index in [0.29, 0.717) is 39.4 Å². The lowest BCUT2D eigenvalue weighted by Gasteiger charge is -2.14. The zero-order valence-corrected chi connectivity index (χ0v) is 12.9. The second-order valence-electron chi connectivity index (χ2n) is 4.92. The van der Waals surface area contributed by atoms with Gasteiger partial charge in [-0.15, -0.1) is 0 Å². The van der Waals surface area contributed by atoms with E-state index in [1.165, 1.54) is 10.8 Å². The number of nitrogens with zero attached hydrogens (tertiary/aromatic N) is 3. The summed E-state index contributed by atoms with van der Waals surface area (Å²) in [5.41, 5.74) is 0.951. The predicted octanol–water partition coefficient (Wildman–Crippen LogP) is 3.44. The maximum atomic E-state index is 13.8. The lowest BCUT2D eigenvalue weighted by atomic mass is 10.2. The fraction of sp³-hybridized carbons (Fsp3) is 0.188. The topological polar surface area (TPSA) is 47.8 Å². The second-order valence-corrected chi connectivity index (χ2v) is 5.33. The summed E-state index contributed by atoms with van der Waals surface area (Å²) in [5, 5.41) is 0.651. The number of rotatable bonds is 2. The van der Waals surface area contributed by atoms with Crippen molar-refractivity contribution in [2.24, 2.45) is 0 Å². The van der Waals surface area contributed by atoms with Crippen LogP contribution in [-0.2, 0) is 6.42 Å². The minimum Gasteiger partial charge on any atom is -0.268 e. The molecule has 0 aliphatic heterocycles. The molecule has 2 aromatic heterocycles. The van der Waals surface area contributed by atoms with Crippen LogP contribution in [0.4, 0.5) is 4.39 Å². The van der Waals surface area contributed by atoms with E-state index in [9.17, 15) is 9.18 Å². The van der Waals surface area contributed by atoms with Gasteiger partial charge in [0.05, 0.1) is 34.0 Å². The van der Waals surface area contributed by atoms with Gasteiger partial charge in [-0.2, -0.15) is 0 Å². The lowest BCUT2D eigenvalue weighted by Crippen LogP contribution is -2.25. The monoisotopic (exact) mass is 317 g/mol. The Kier molecular flexibility index (Phi) is 3.66. The molecule has 0 radical (unpaired) electrons. The maximum Gasteiger partial charge on any atom is 0.267 e. The maximum absolute atomic E-state index is 13.8. The first kappa shape index (κ1) is 14.7. The summed E-state index contributed by atoms with van der Waals surface area (Å²) in [4.78, 5) is 21.2. The minimum atomic E-state index is -0.467. The summed E-state index contributed by atoms with van der Waals surface area (Å²) in [7, 11) is 0. The van der Waals surface area contributed by atoms with Crippen molar-refractivity contribution in [2.75, 3.05) is 0 Å². The van der Waals surface area contributed by atoms with Gasteiger partial charge in [0.2, 0.25) is 0 Å². The van der Waals surface area contributed by atoms with E-state index >= 15 is 0 Å². The van der Waals surface area contributed by atoms with Crippen molar-refractivity contribution in [3.63, 3.8) is 0 Å². The van der Waals surface area contributed by atoms with Crippen LogP contribution in [0.1, 0.15) is 18.3 Å². The number of fused-ring (bicyclic) bond motifs is 1. The van der Waals surface area contributed by atoms with E-state index < -0.39 is 5.82 Å². The third-order valence-electron chi connectivity index (χ3n) is 3.60. The molecule has 6 heteroatoms. The van der Waals surface area contributed by atoms with Crippen LogP contribution in [0.3, 0.4) is 0 Å². The van der Waals surface area contributed by atoms with E-state index in [2.05, 4.69) is 9.97 Å². The third kappa shape index (κ3) is 2.18. The zero-order chi connectivity index (χ0) is 15.9. The highest BCUT2D eigenvalue weighted by Gasteiger charge is 2.16. The third-order valence-corrected chi connectivity index (χ3v) is 3.92. The first-order valence-electron chi connectivity index (χ1n) is 6.85. The van der Waals surface area contributed by atoms with Crippen molar-refractivity contribution in [2.45, 2.75) is 20.3 Å². The fourth-order valence-electron chi connectivity index (χ4n) is 2.44. The molecule has 0 bridgehead atoms.